The highest BCUT2D eigenvalue weighted by Crippen LogP contribution is 2.31. The summed E-state index contributed by atoms with van der Waals surface area (Å²) in [6, 6.07) is 5.75. The van der Waals surface area contributed by atoms with Crippen LogP contribution in [0.25, 0.3) is 5.57 Å². The SMILES string of the molecule is C=C(CN)c1c(Br)cccc1OC. The average Bonchev–Trinajstić information content (AvgIpc) is 2.16. The Balaban J connectivity index is 3.22. The van der Waals surface area contributed by atoms with Crippen molar-refractivity contribution >= 4 is 21.5 Å². The molecule has 1 aromatic carbocycles. The summed E-state index contributed by atoms with van der Waals surface area (Å²) in [7, 11) is 1.63. The van der Waals surface area contributed by atoms with E-state index in [1.54, 1.807) is 7.11 Å². The van der Waals surface area contributed by atoms with Crippen LogP contribution in [0.3, 0.4) is 0 Å². The van der Waals surface area contributed by atoms with E-state index in [1.165, 1.54) is 0 Å². The van der Waals surface area contributed by atoms with Crippen LogP contribution >= 0.6 is 15.9 Å². The molecule has 0 aromatic heterocycles. The Morgan fingerprint density at radius 3 is 2.85 bits per heavy atom. The summed E-state index contributed by atoms with van der Waals surface area (Å²) < 4.78 is 6.16. The van der Waals surface area contributed by atoms with Crippen molar-refractivity contribution < 1.29 is 4.74 Å². The largest absolute Gasteiger partial charge is 0.496 e. The van der Waals surface area contributed by atoms with Gasteiger partial charge in [-0.2, -0.15) is 0 Å². The van der Waals surface area contributed by atoms with Gasteiger partial charge in [0.25, 0.3) is 0 Å². The lowest BCUT2D eigenvalue weighted by Crippen LogP contribution is -2.03. The molecule has 1 rings (SSSR count). The topological polar surface area (TPSA) is 35.2 Å². The van der Waals surface area contributed by atoms with Gasteiger partial charge in [-0.3, -0.25) is 0 Å². The summed E-state index contributed by atoms with van der Waals surface area (Å²) in [6.45, 7) is 4.31. The van der Waals surface area contributed by atoms with Gasteiger partial charge < -0.3 is 10.5 Å². The molecule has 0 amide bonds. The summed E-state index contributed by atoms with van der Waals surface area (Å²) in [4.78, 5) is 0. The van der Waals surface area contributed by atoms with Gasteiger partial charge in [0.2, 0.25) is 0 Å². The van der Waals surface area contributed by atoms with Crippen molar-refractivity contribution in [2.75, 3.05) is 13.7 Å². The van der Waals surface area contributed by atoms with Crippen molar-refractivity contribution in [1.82, 2.24) is 0 Å². The average molecular weight is 242 g/mol. The summed E-state index contributed by atoms with van der Waals surface area (Å²) in [5.41, 5.74) is 7.34. The monoisotopic (exact) mass is 241 g/mol. The molecule has 0 unspecified atom stereocenters. The molecule has 70 valence electrons. The van der Waals surface area contributed by atoms with E-state index < -0.39 is 0 Å². The van der Waals surface area contributed by atoms with Crippen LogP contribution in [0.1, 0.15) is 5.56 Å². The molecule has 0 bridgehead atoms. The number of hydrogen-bond donors (Lipinski definition) is 1. The van der Waals surface area contributed by atoms with E-state index in [-0.39, 0.29) is 0 Å². The second-order valence-electron chi connectivity index (χ2n) is 2.62. The fourth-order valence-electron chi connectivity index (χ4n) is 1.12. The number of benzene rings is 1. The van der Waals surface area contributed by atoms with Gasteiger partial charge in [-0.15, -0.1) is 0 Å². The minimum absolute atomic E-state index is 0.430. The third-order valence-corrected chi connectivity index (χ3v) is 2.46. The van der Waals surface area contributed by atoms with E-state index in [0.717, 1.165) is 21.4 Å². The second kappa shape index (κ2) is 4.44. The van der Waals surface area contributed by atoms with E-state index in [1.807, 2.05) is 18.2 Å². The number of ether oxygens (including phenoxy) is 1. The van der Waals surface area contributed by atoms with Gasteiger partial charge in [-0.25, -0.2) is 0 Å². The van der Waals surface area contributed by atoms with Gasteiger partial charge in [0.05, 0.1) is 7.11 Å². The van der Waals surface area contributed by atoms with Gasteiger partial charge in [-0.05, 0) is 17.7 Å². The highest BCUT2D eigenvalue weighted by atomic mass is 79.9. The second-order valence-corrected chi connectivity index (χ2v) is 3.48. The summed E-state index contributed by atoms with van der Waals surface area (Å²) in [5, 5.41) is 0. The molecule has 0 atom stereocenters. The Kier molecular flexibility index (Phi) is 3.51. The van der Waals surface area contributed by atoms with E-state index in [4.69, 9.17) is 10.5 Å². The van der Waals surface area contributed by atoms with Crippen LogP contribution in [0.2, 0.25) is 0 Å². The van der Waals surface area contributed by atoms with Crippen LogP contribution in [-0.2, 0) is 0 Å². The van der Waals surface area contributed by atoms with Crippen molar-refractivity contribution in [3.05, 3.63) is 34.8 Å². The molecule has 2 nitrogen and oxygen atoms in total. The van der Waals surface area contributed by atoms with Gasteiger partial charge in [0.15, 0.2) is 0 Å². The number of rotatable bonds is 3. The van der Waals surface area contributed by atoms with E-state index >= 15 is 0 Å². The highest BCUT2D eigenvalue weighted by Gasteiger charge is 2.08. The molecule has 13 heavy (non-hydrogen) atoms. The smallest absolute Gasteiger partial charge is 0.127 e. The van der Waals surface area contributed by atoms with E-state index in [0.29, 0.717) is 6.54 Å². The van der Waals surface area contributed by atoms with Gasteiger partial charge >= 0.3 is 0 Å². The lowest BCUT2D eigenvalue weighted by molar-refractivity contribution is 0.413. The van der Waals surface area contributed by atoms with E-state index in [9.17, 15) is 0 Å². The Labute approximate surface area is 86.5 Å². The molecule has 0 saturated heterocycles. The first-order chi connectivity index (χ1) is 6.20. The van der Waals surface area contributed by atoms with Crippen molar-refractivity contribution in [2.24, 2.45) is 5.73 Å². The Morgan fingerprint density at radius 2 is 2.31 bits per heavy atom. The molecule has 0 radical (unpaired) electrons. The zero-order valence-electron chi connectivity index (χ0n) is 7.51. The molecule has 3 heteroatoms. The van der Waals surface area contributed by atoms with Gasteiger partial charge in [-0.1, -0.05) is 28.6 Å². The number of nitrogens with two attached hydrogens (primary N) is 1. The van der Waals surface area contributed by atoms with Crippen molar-refractivity contribution in [3.8, 4) is 5.75 Å². The normalized spacial score (nSPS) is 9.77. The summed E-state index contributed by atoms with van der Waals surface area (Å²) in [6.07, 6.45) is 0. The Bertz CT molecular complexity index is 323. The molecular weight excluding hydrogens is 230 g/mol. The quantitative estimate of drug-likeness (QED) is 0.883. The molecule has 2 N–H and O–H groups in total. The first-order valence-electron chi connectivity index (χ1n) is 3.91. The number of hydrogen-bond acceptors (Lipinski definition) is 2. The van der Waals surface area contributed by atoms with Crippen LogP contribution < -0.4 is 10.5 Å². The predicted octanol–water partition coefficient (Wildman–Crippen LogP) is 2.43. The summed E-state index contributed by atoms with van der Waals surface area (Å²) >= 11 is 3.43. The minimum Gasteiger partial charge on any atom is -0.496 e. The van der Waals surface area contributed by atoms with Gasteiger partial charge in [0, 0.05) is 16.6 Å². The van der Waals surface area contributed by atoms with Crippen molar-refractivity contribution in [2.45, 2.75) is 0 Å². The molecule has 0 heterocycles. The fraction of sp³-hybridized carbons (Fsp3) is 0.200. The van der Waals surface area contributed by atoms with Gasteiger partial charge in [0.1, 0.15) is 5.75 Å². The maximum Gasteiger partial charge on any atom is 0.127 e. The Morgan fingerprint density at radius 1 is 1.62 bits per heavy atom. The fourth-order valence-corrected chi connectivity index (χ4v) is 1.75. The zero-order chi connectivity index (χ0) is 9.84. The standard InChI is InChI=1S/C10H12BrNO/c1-7(6-12)10-8(11)4-3-5-9(10)13-2/h3-5H,1,6,12H2,2H3. The Hall–Kier alpha value is -0.800. The van der Waals surface area contributed by atoms with Crippen LogP contribution in [0.4, 0.5) is 0 Å². The van der Waals surface area contributed by atoms with Crippen molar-refractivity contribution in [1.29, 1.82) is 0 Å². The third kappa shape index (κ3) is 2.11. The summed E-state index contributed by atoms with van der Waals surface area (Å²) in [5.74, 6) is 0.796. The molecule has 0 fully saturated rings. The third-order valence-electron chi connectivity index (χ3n) is 1.80. The molecule has 0 saturated carbocycles. The number of halogens is 1. The molecule has 0 aliphatic heterocycles. The van der Waals surface area contributed by atoms with Crippen LogP contribution in [0.5, 0.6) is 5.75 Å². The lowest BCUT2D eigenvalue weighted by atomic mass is 10.1. The van der Waals surface area contributed by atoms with Crippen LogP contribution in [0, 0.1) is 0 Å². The first kappa shape index (κ1) is 10.3. The first-order valence-corrected chi connectivity index (χ1v) is 4.70. The molecule has 0 aliphatic carbocycles. The molecule has 1 aromatic rings. The number of methoxy groups -OCH3 is 1. The molecular formula is C10H12BrNO. The zero-order valence-corrected chi connectivity index (χ0v) is 9.10. The lowest BCUT2D eigenvalue weighted by Gasteiger charge is -2.11. The minimum atomic E-state index is 0.430. The van der Waals surface area contributed by atoms with Crippen molar-refractivity contribution in [3.63, 3.8) is 0 Å². The van der Waals surface area contributed by atoms with E-state index in [2.05, 4.69) is 22.5 Å². The molecule has 0 aliphatic rings. The molecule has 0 spiro atoms. The maximum atomic E-state index is 5.52. The maximum absolute atomic E-state index is 5.52. The van der Waals surface area contributed by atoms with Crippen LogP contribution in [-0.4, -0.2) is 13.7 Å². The van der Waals surface area contributed by atoms with Crippen LogP contribution in [0.15, 0.2) is 29.3 Å². The highest BCUT2D eigenvalue weighted by molar-refractivity contribution is 9.10. The predicted molar refractivity (Wildman–Crippen MR) is 58.8 cm³/mol.